The number of carbonyl (C=O) groups is 1. The molecule has 0 atom stereocenters. The van der Waals surface area contributed by atoms with Gasteiger partial charge in [0.25, 0.3) is 0 Å². The third-order valence-corrected chi connectivity index (χ3v) is 3.86. The minimum Gasteiger partial charge on any atom is -0.369 e. The van der Waals surface area contributed by atoms with Gasteiger partial charge in [0.1, 0.15) is 5.82 Å². The fraction of sp³-hybridized carbons (Fsp3) is 0.500. The second kappa shape index (κ2) is 6.35. The van der Waals surface area contributed by atoms with E-state index in [0.29, 0.717) is 17.6 Å². The molecule has 0 radical (unpaired) electrons. The Morgan fingerprint density at radius 3 is 2.58 bits per heavy atom. The molecule has 1 fully saturated rings. The molecule has 1 aromatic rings. The lowest BCUT2D eigenvalue weighted by Crippen LogP contribution is -2.36. The molecule has 0 unspecified atom stereocenters. The van der Waals surface area contributed by atoms with E-state index in [4.69, 9.17) is 17.3 Å². The monoisotopic (exact) mass is 284 g/mol. The third kappa shape index (κ3) is 4.18. The molecule has 3 nitrogen and oxygen atoms in total. The first kappa shape index (κ1) is 14.3. The molecule has 5 heteroatoms. The molecule has 19 heavy (non-hydrogen) atoms. The Bertz CT molecular complexity index is 439. The summed E-state index contributed by atoms with van der Waals surface area (Å²) in [5, 5.41) is 3.79. The van der Waals surface area contributed by atoms with E-state index in [1.165, 1.54) is 12.1 Å². The van der Waals surface area contributed by atoms with Gasteiger partial charge in [-0.05, 0) is 49.4 Å². The average molecular weight is 285 g/mol. The van der Waals surface area contributed by atoms with Gasteiger partial charge in [0.05, 0.1) is 0 Å². The number of hydrogen-bond acceptors (Lipinski definition) is 2. The molecule has 0 aromatic heterocycles. The Kier molecular flexibility index (Phi) is 4.77. The molecule has 0 saturated heterocycles. The zero-order valence-corrected chi connectivity index (χ0v) is 11.4. The number of carbonyl (C=O) groups excluding carboxylic acids is 1. The molecule has 1 aliphatic rings. The van der Waals surface area contributed by atoms with Crippen molar-refractivity contribution in [3.8, 4) is 0 Å². The molecular weight excluding hydrogens is 267 g/mol. The van der Waals surface area contributed by atoms with Crippen LogP contribution < -0.4 is 11.1 Å². The lowest BCUT2D eigenvalue weighted by Gasteiger charge is -2.27. The molecule has 0 bridgehead atoms. The first-order chi connectivity index (χ1) is 9.04. The molecule has 0 heterocycles. The average Bonchev–Trinajstić information content (AvgIpc) is 2.36. The van der Waals surface area contributed by atoms with E-state index in [2.05, 4.69) is 5.32 Å². The van der Waals surface area contributed by atoms with Crippen LogP contribution in [0.25, 0.3) is 0 Å². The highest BCUT2D eigenvalue weighted by molar-refractivity contribution is 6.30. The smallest absolute Gasteiger partial charge is 0.220 e. The molecule has 1 aliphatic carbocycles. The van der Waals surface area contributed by atoms with E-state index >= 15 is 0 Å². The number of halogens is 2. The number of primary amides is 1. The molecular formula is C14H18ClFN2O. The highest BCUT2D eigenvalue weighted by Crippen LogP contribution is 2.24. The third-order valence-electron chi connectivity index (χ3n) is 3.65. The molecule has 2 rings (SSSR count). The fourth-order valence-electron chi connectivity index (χ4n) is 2.56. The first-order valence-electron chi connectivity index (χ1n) is 6.52. The summed E-state index contributed by atoms with van der Waals surface area (Å²) in [5.74, 6) is -0.501. The van der Waals surface area contributed by atoms with Crippen LogP contribution in [0.4, 0.5) is 4.39 Å². The van der Waals surface area contributed by atoms with Crippen molar-refractivity contribution in [1.29, 1.82) is 0 Å². The van der Waals surface area contributed by atoms with Crippen molar-refractivity contribution in [2.75, 3.05) is 0 Å². The minimum absolute atomic E-state index is 0.0154. The van der Waals surface area contributed by atoms with Gasteiger partial charge in [-0.3, -0.25) is 4.79 Å². The van der Waals surface area contributed by atoms with E-state index in [9.17, 15) is 9.18 Å². The maximum Gasteiger partial charge on any atom is 0.220 e. The van der Waals surface area contributed by atoms with Crippen molar-refractivity contribution in [2.24, 2.45) is 11.7 Å². The van der Waals surface area contributed by atoms with Gasteiger partial charge >= 0.3 is 0 Å². The lowest BCUT2D eigenvalue weighted by molar-refractivity contribution is -0.122. The van der Waals surface area contributed by atoms with Crippen LogP contribution in [0.2, 0.25) is 5.02 Å². The quantitative estimate of drug-likeness (QED) is 0.893. The Labute approximate surface area is 117 Å². The van der Waals surface area contributed by atoms with Crippen LogP contribution in [-0.4, -0.2) is 11.9 Å². The van der Waals surface area contributed by atoms with E-state index in [1.54, 1.807) is 6.07 Å². The fourth-order valence-corrected chi connectivity index (χ4v) is 2.80. The second-order valence-electron chi connectivity index (χ2n) is 5.11. The lowest BCUT2D eigenvalue weighted by atomic mass is 9.85. The van der Waals surface area contributed by atoms with Gasteiger partial charge in [-0.15, -0.1) is 0 Å². The molecule has 3 N–H and O–H groups in total. The normalized spacial score (nSPS) is 23.3. The van der Waals surface area contributed by atoms with Crippen molar-refractivity contribution in [2.45, 2.75) is 38.3 Å². The largest absolute Gasteiger partial charge is 0.369 e. The summed E-state index contributed by atoms with van der Waals surface area (Å²) in [5.41, 5.74) is 6.13. The molecule has 1 aromatic carbocycles. The summed E-state index contributed by atoms with van der Waals surface area (Å²) in [6.07, 6.45) is 3.52. The summed E-state index contributed by atoms with van der Waals surface area (Å²) < 4.78 is 13.2. The van der Waals surface area contributed by atoms with Gasteiger partial charge in [0.2, 0.25) is 5.91 Å². The van der Waals surface area contributed by atoms with Crippen molar-refractivity contribution in [3.63, 3.8) is 0 Å². The van der Waals surface area contributed by atoms with Gasteiger partial charge < -0.3 is 11.1 Å². The van der Waals surface area contributed by atoms with Gasteiger partial charge in [-0.2, -0.15) is 0 Å². The molecule has 0 aliphatic heterocycles. The first-order valence-corrected chi connectivity index (χ1v) is 6.90. The van der Waals surface area contributed by atoms with E-state index in [-0.39, 0.29) is 17.6 Å². The van der Waals surface area contributed by atoms with E-state index < -0.39 is 0 Å². The zero-order chi connectivity index (χ0) is 13.8. The number of hydrogen-bond donors (Lipinski definition) is 2. The summed E-state index contributed by atoms with van der Waals surface area (Å²) in [6, 6.07) is 4.89. The molecule has 1 amide bonds. The SMILES string of the molecule is NC(=O)C1CCC(NCc2cc(F)cc(Cl)c2)CC1. The summed E-state index contributed by atoms with van der Waals surface area (Å²) >= 11 is 5.81. The predicted molar refractivity (Wildman–Crippen MR) is 73.2 cm³/mol. The topological polar surface area (TPSA) is 55.1 Å². The van der Waals surface area contributed by atoms with Crippen molar-refractivity contribution in [3.05, 3.63) is 34.6 Å². The van der Waals surface area contributed by atoms with Crippen molar-refractivity contribution in [1.82, 2.24) is 5.32 Å². The van der Waals surface area contributed by atoms with Crippen LogP contribution in [0.1, 0.15) is 31.2 Å². The molecule has 0 spiro atoms. The number of amides is 1. The van der Waals surface area contributed by atoms with Crippen molar-refractivity contribution >= 4 is 17.5 Å². The maximum atomic E-state index is 13.2. The number of rotatable bonds is 4. The minimum atomic E-state index is -0.318. The summed E-state index contributed by atoms with van der Waals surface area (Å²) in [4.78, 5) is 11.1. The Morgan fingerprint density at radius 1 is 1.32 bits per heavy atom. The zero-order valence-electron chi connectivity index (χ0n) is 10.7. The second-order valence-corrected chi connectivity index (χ2v) is 5.55. The Morgan fingerprint density at radius 2 is 2.00 bits per heavy atom. The predicted octanol–water partition coefficient (Wildman–Crippen LogP) is 2.61. The Hall–Kier alpha value is -1.13. The molecule has 1 saturated carbocycles. The van der Waals surface area contributed by atoms with E-state index in [0.717, 1.165) is 31.2 Å². The van der Waals surface area contributed by atoms with Gasteiger partial charge in [0, 0.05) is 23.5 Å². The van der Waals surface area contributed by atoms with Crippen LogP contribution in [0.3, 0.4) is 0 Å². The van der Waals surface area contributed by atoms with Gasteiger partial charge in [-0.1, -0.05) is 11.6 Å². The summed E-state index contributed by atoms with van der Waals surface area (Å²) in [7, 11) is 0. The van der Waals surface area contributed by atoms with Crippen LogP contribution in [0.5, 0.6) is 0 Å². The Balaban J connectivity index is 1.82. The highest BCUT2D eigenvalue weighted by atomic mass is 35.5. The van der Waals surface area contributed by atoms with Gasteiger partial charge in [0.15, 0.2) is 0 Å². The van der Waals surface area contributed by atoms with Crippen LogP contribution in [0.15, 0.2) is 18.2 Å². The van der Waals surface area contributed by atoms with Crippen molar-refractivity contribution < 1.29 is 9.18 Å². The van der Waals surface area contributed by atoms with E-state index in [1.807, 2.05) is 0 Å². The number of nitrogens with one attached hydrogen (secondary N) is 1. The van der Waals surface area contributed by atoms with Crippen LogP contribution in [-0.2, 0) is 11.3 Å². The summed E-state index contributed by atoms with van der Waals surface area (Å²) in [6.45, 7) is 0.587. The number of benzene rings is 1. The standard InChI is InChI=1S/C14H18ClFN2O/c15-11-5-9(6-12(16)7-11)8-18-13-3-1-10(2-4-13)14(17)19/h5-7,10,13,18H,1-4,8H2,(H2,17,19). The maximum absolute atomic E-state index is 13.2. The van der Waals surface area contributed by atoms with Gasteiger partial charge in [-0.25, -0.2) is 4.39 Å². The highest BCUT2D eigenvalue weighted by Gasteiger charge is 2.24. The molecule has 104 valence electrons. The number of nitrogens with two attached hydrogens (primary N) is 1. The van der Waals surface area contributed by atoms with Crippen LogP contribution >= 0.6 is 11.6 Å². The van der Waals surface area contributed by atoms with Crippen LogP contribution in [0, 0.1) is 11.7 Å².